The summed E-state index contributed by atoms with van der Waals surface area (Å²) in [5.74, 6) is -0.119. The number of unbranched alkanes of at least 4 members (excludes halogenated alkanes) is 8. The molecule has 0 aromatic carbocycles. The molecule has 0 amide bonds. The van der Waals surface area contributed by atoms with E-state index in [2.05, 4.69) is 6.92 Å². The predicted octanol–water partition coefficient (Wildman–Crippen LogP) is 5.30. The maximum absolute atomic E-state index is 11.8. The lowest BCUT2D eigenvalue weighted by Gasteiger charge is -2.19. The molecule has 0 saturated heterocycles. The molecule has 0 aliphatic carbocycles. The van der Waals surface area contributed by atoms with Crippen molar-refractivity contribution in [2.75, 3.05) is 26.9 Å². The van der Waals surface area contributed by atoms with E-state index >= 15 is 0 Å². The third-order valence-corrected chi connectivity index (χ3v) is 4.60. The van der Waals surface area contributed by atoms with Gasteiger partial charge in [-0.3, -0.25) is 4.79 Å². The van der Waals surface area contributed by atoms with Gasteiger partial charge in [-0.2, -0.15) is 0 Å². The molecule has 162 valence electrons. The molecule has 3 atom stereocenters. The summed E-state index contributed by atoms with van der Waals surface area (Å²) >= 11 is 0. The number of hydrogen-bond donors (Lipinski definition) is 0. The van der Waals surface area contributed by atoms with Crippen molar-refractivity contribution in [1.82, 2.24) is 0 Å². The van der Waals surface area contributed by atoms with E-state index in [0.717, 1.165) is 12.8 Å². The average Bonchev–Trinajstić information content (AvgIpc) is 2.67. The van der Waals surface area contributed by atoms with Crippen molar-refractivity contribution in [2.24, 2.45) is 0 Å². The molecular weight excluding hydrogens is 344 g/mol. The van der Waals surface area contributed by atoms with Gasteiger partial charge < -0.3 is 18.9 Å². The van der Waals surface area contributed by atoms with Crippen LogP contribution in [0.2, 0.25) is 0 Å². The van der Waals surface area contributed by atoms with E-state index in [9.17, 15) is 4.79 Å². The number of hydrogen-bond acceptors (Lipinski definition) is 5. The molecule has 27 heavy (non-hydrogen) atoms. The van der Waals surface area contributed by atoms with Gasteiger partial charge in [0, 0.05) is 13.5 Å². The summed E-state index contributed by atoms with van der Waals surface area (Å²) in [6.07, 6.45) is 11.7. The van der Waals surface area contributed by atoms with Crippen LogP contribution in [-0.2, 0) is 23.7 Å². The Bertz CT molecular complexity index is 335. The minimum Gasteiger partial charge on any atom is -0.463 e. The highest BCUT2D eigenvalue weighted by molar-refractivity contribution is 5.69. The van der Waals surface area contributed by atoms with E-state index < -0.39 is 0 Å². The highest BCUT2D eigenvalue weighted by Crippen LogP contribution is 2.11. The highest BCUT2D eigenvalue weighted by atomic mass is 16.6. The van der Waals surface area contributed by atoms with Crippen molar-refractivity contribution < 1.29 is 23.7 Å². The summed E-state index contributed by atoms with van der Waals surface area (Å²) < 4.78 is 21.7. The molecule has 0 bridgehead atoms. The van der Waals surface area contributed by atoms with E-state index in [4.69, 9.17) is 18.9 Å². The fourth-order valence-corrected chi connectivity index (χ4v) is 2.63. The number of methoxy groups -OCH3 is 1. The van der Waals surface area contributed by atoms with Crippen LogP contribution < -0.4 is 0 Å². The van der Waals surface area contributed by atoms with Gasteiger partial charge in [-0.15, -0.1) is 0 Å². The van der Waals surface area contributed by atoms with Gasteiger partial charge in [0.1, 0.15) is 6.61 Å². The summed E-state index contributed by atoms with van der Waals surface area (Å²) in [6.45, 7) is 9.41. The molecule has 0 aliphatic heterocycles. The topological polar surface area (TPSA) is 54.0 Å². The Morgan fingerprint density at radius 3 is 1.74 bits per heavy atom. The Labute approximate surface area is 167 Å². The Kier molecular flexibility index (Phi) is 18.3. The van der Waals surface area contributed by atoms with Crippen LogP contribution in [0.15, 0.2) is 0 Å². The van der Waals surface area contributed by atoms with Crippen LogP contribution in [0, 0.1) is 0 Å². The fraction of sp³-hybridized carbons (Fsp3) is 0.955. The second kappa shape index (κ2) is 18.7. The molecule has 0 radical (unpaired) electrons. The zero-order valence-corrected chi connectivity index (χ0v) is 18.5. The quantitative estimate of drug-likeness (QED) is 0.222. The standard InChI is InChI=1S/C22H44O5/c1-6-7-8-9-10-11-12-13-14-15-22(23)27-18-21(4)26-17-20(3)25-16-19(2)24-5/h19-21H,6-18H2,1-5H3. The summed E-state index contributed by atoms with van der Waals surface area (Å²) in [5.41, 5.74) is 0. The molecule has 3 unspecified atom stereocenters. The van der Waals surface area contributed by atoms with Crippen molar-refractivity contribution in [3.8, 4) is 0 Å². The normalized spacial score (nSPS) is 14.7. The van der Waals surface area contributed by atoms with E-state index in [1.165, 1.54) is 44.9 Å². The lowest BCUT2D eigenvalue weighted by atomic mass is 10.1. The fourth-order valence-electron chi connectivity index (χ4n) is 2.63. The van der Waals surface area contributed by atoms with Crippen LogP contribution in [0.25, 0.3) is 0 Å². The molecular formula is C22H44O5. The Morgan fingerprint density at radius 2 is 1.19 bits per heavy atom. The lowest BCUT2D eigenvalue weighted by Crippen LogP contribution is -2.26. The van der Waals surface area contributed by atoms with Crippen molar-refractivity contribution in [3.05, 3.63) is 0 Å². The van der Waals surface area contributed by atoms with E-state index in [0.29, 0.717) is 26.2 Å². The van der Waals surface area contributed by atoms with Crippen LogP contribution in [0.1, 0.15) is 91.9 Å². The SMILES string of the molecule is CCCCCCCCCCCC(=O)OCC(C)OCC(C)OCC(C)OC. The monoisotopic (exact) mass is 388 g/mol. The summed E-state index contributed by atoms with van der Waals surface area (Å²) in [4.78, 5) is 11.8. The molecule has 0 spiro atoms. The Morgan fingerprint density at radius 1 is 0.704 bits per heavy atom. The minimum atomic E-state index is -0.122. The van der Waals surface area contributed by atoms with E-state index in [-0.39, 0.29) is 24.3 Å². The minimum absolute atomic E-state index is 0.0114. The molecule has 5 heteroatoms. The first-order valence-electron chi connectivity index (χ1n) is 10.9. The van der Waals surface area contributed by atoms with Crippen molar-refractivity contribution in [2.45, 2.75) is 110 Å². The summed E-state index contributed by atoms with van der Waals surface area (Å²) in [5, 5.41) is 0. The molecule has 0 heterocycles. The summed E-state index contributed by atoms with van der Waals surface area (Å²) in [6, 6.07) is 0. The number of ether oxygens (including phenoxy) is 4. The zero-order valence-electron chi connectivity index (χ0n) is 18.5. The van der Waals surface area contributed by atoms with Gasteiger partial charge in [-0.05, 0) is 27.2 Å². The third kappa shape index (κ3) is 18.5. The van der Waals surface area contributed by atoms with Crippen LogP contribution in [0.5, 0.6) is 0 Å². The molecule has 0 aromatic heterocycles. The molecule has 0 rings (SSSR count). The van der Waals surface area contributed by atoms with Crippen molar-refractivity contribution in [1.29, 1.82) is 0 Å². The third-order valence-electron chi connectivity index (χ3n) is 4.60. The van der Waals surface area contributed by atoms with Crippen LogP contribution in [0.3, 0.4) is 0 Å². The van der Waals surface area contributed by atoms with Crippen molar-refractivity contribution in [3.63, 3.8) is 0 Å². The number of esters is 1. The number of rotatable bonds is 19. The predicted molar refractivity (Wildman–Crippen MR) is 110 cm³/mol. The zero-order chi connectivity index (χ0) is 20.3. The largest absolute Gasteiger partial charge is 0.463 e. The molecule has 0 aliphatic rings. The van der Waals surface area contributed by atoms with Gasteiger partial charge >= 0.3 is 5.97 Å². The smallest absolute Gasteiger partial charge is 0.305 e. The molecule has 0 fully saturated rings. The van der Waals surface area contributed by atoms with Gasteiger partial charge in [-0.25, -0.2) is 0 Å². The number of carbonyl (C=O) groups is 1. The first-order chi connectivity index (χ1) is 13.0. The first-order valence-corrected chi connectivity index (χ1v) is 10.9. The van der Waals surface area contributed by atoms with Crippen LogP contribution >= 0.6 is 0 Å². The molecule has 0 saturated carbocycles. The van der Waals surface area contributed by atoms with Gasteiger partial charge in [-0.1, -0.05) is 58.3 Å². The maximum atomic E-state index is 11.8. The summed E-state index contributed by atoms with van der Waals surface area (Å²) in [7, 11) is 1.67. The average molecular weight is 389 g/mol. The molecule has 0 aromatic rings. The second-order valence-electron chi connectivity index (χ2n) is 7.60. The van der Waals surface area contributed by atoms with E-state index in [1.807, 2.05) is 20.8 Å². The molecule has 0 N–H and O–H groups in total. The van der Waals surface area contributed by atoms with Crippen molar-refractivity contribution >= 4 is 5.97 Å². The van der Waals surface area contributed by atoms with Gasteiger partial charge in [0.05, 0.1) is 31.5 Å². The second-order valence-corrected chi connectivity index (χ2v) is 7.60. The maximum Gasteiger partial charge on any atom is 0.305 e. The highest BCUT2D eigenvalue weighted by Gasteiger charge is 2.11. The Hall–Kier alpha value is -0.650. The van der Waals surface area contributed by atoms with Gasteiger partial charge in [0.15, 0.2) is 0 Å². The number of carbonyl (C=O) groups excluding carboxylic acids is 1. The Balaban J connectivity index is 3.50. The van der Waals surface area contributed by atoms with Crippen LogP contribution in [-0.4, -0.2) is 51.2 Å². The van der Waals surface area contributed by atoms with E-state index in [1.54, 1.807) is 7.11 Å². The lowest BCUT2D eigenvalue weighted by molar-refractivity contribution is -0.148. The van der Waals surface area contributed by atoms with Gasteiger partial charge in [0.25, 0.3) is 0 Å². The first kappa shape index (κ1) is 26.4. The van der Waals surface area contributed by atoms with Gasteiger partial charge in [0.2, 0.25) is 0 Å². The van der Waals surface area contributed by atoms with Crippen LogP contribution in [0.4, 0.5) is 0 Å². The molecule has 5 nitrogen and oxygen atoms in total.